The summed E-state index contributed by atoms with van der Waals surface area (Å²) in [7, 11) is 3.54. The number of hydrogen-bond donors (Lipinski definition) is 1. The highest BCUT2D eigenvalue weighted by atomic mass is 35.5. The number of aromatic nitrogens is 2. The quantitative estimate of drug-likeness (QED) is 0.940. The molecule has 0 aliphatic carbocycles. The smallest absolute Gasteiger partial charge is 0.124 e. The Labute approximate surface area is 118 Å². The molecule has 1 aromatic heterocycles. The van der Waals surface area contributed by atoms with E-state index in [-0.39, 0.29) is 6.04 Å². The Kier molecular flexibility index (Phi) is 3.83. The van der Waals surface area contributed by atoms with Crippen LogP contribution in [-0.4, -0.2) is 16.9 Å². The standard InChI is InChI=1S/C14H18ClN3O/c1-8-13(9(2)18(3)17-8)14(16)11-7-10(15)5-6-12(11)19-4/h5-7,14H,16H2,1-4H3. The molecule has 1 aromatic carbocycles. The van der Waals surface area contributed by atoms with Gasteiger partial charge >= 0.3 is 0 Å². The van der Waals surface area contributed by atoms with E-state index in [1.165, 1.54) is 0 Å². The first-order valence-corrected chi connectivity index (χ1v) is 6.42. The number of halogens is 1. The van der Waals surface area contributed by atoms with Crippen LogP contribution in [0.1, 0.15) is 28.6 Å². The van der Waals surface area contributed by atoms with E-state index in [9.17, 15) is 0 Å². The van der Waals surface area contributed by atoms with Gasteiger partial charge in [-0.1, -0.05) is 11.6 Å². The average molecular weight is 280 g/mol. The van der Waals surface area contributed by atoms with Crippen molar-refractivity contribution >= 4 is 11.6 Å². The third-order valence-electron chi connectivity index (χ3n) is 3.40. The lowest BCUT2D eigenvalue weighted by Crippen LogP contribution is -2.15. The summed E-state index contributed by atoms with van der Waals surface area (Å²) in [4.78, 5) is 0. The summed E-state index contributed by atoms with van der Waals surface area (Å²) in [6, 6.07) is 5.16. The first-order valence-electron chi connectivity index (χ1n) is 6.04. The molecule has 5 heteroatoms. The van der Waals surface area contributed by atoms with Gasteiger partial charge in [0.2, 0.25) is 0 Å². The topological polar surface area (TPSA) is 53.1 Å². The Morgan fingerprint density at radius 2 is 2.05 bits per heavy atom. The van der Waals surface area contributed by atoms with E-state index in [4.69, 9.17) is 22.1 Å². The monoisotopic (exact) mass is 279 g/mol. The maximum absolute atomic E-state index is 6.38. The Morgan fingerprint density at radius 3 is 2.58 bits per heavy atom. The molecule has 0 aliphatic heterocycles. The van der Waals surface area contributed by atoms with Gasteiger partial charge in [0.05, 0.1) is 18.8 Å². The Bertz CT molecular complexity index is 607. The lowest BCUT2D eigenvalue weighted by molar-refractivity contribution is 0.408. The normalized spacial score (nSPS) is 12.5. The maximum atomic E-state index is 6.38. The highest BCUT2D eigenvalue weighted by Crippen LogP contribution is 2.33. The zero-order chi connectivity index (χ0) is 14.2. The molecule has 1 unspecified atom stereocenters. The van der Waals surface area contributed by atoms with Crippen molar-refractivity contribution in [1.82, 2.24) is 9.78 Å². The van der Waals surface area contributed by atoms with E-state index in [2.05, 4.69) is 5.10 Å². The lowest BCUT2D eigenvalue weighted by Gasteiger charge is -2.17. The molecule has 0 saturated carbocycles. The Balaban J connectivity index is 2.55. The highest BCUT2D eigenvalue weighted by molar-refractivity contribution is 6.30. The first-order chi connectivity index (χ1) is 8.95. The zero-order valence-corrected chi connectivity index (χ0v) is 12.3. The molecule has 0 saturated heterocycles. The number of methoxy groups -OCH3 is 1. The van der Waals surface area contributed by atoms with E-state index < -0.39 is 0 Å². The van der Waals surface area contributed by atoms with Crippen LogP contribution in [0, 0.1) is 13.8 Å². The first kappa shape index (κ1) is 13.9. The van der Waals surface area contributed by atoms with E-state index >= 15 is 0 Å². The van der Waals surface area contributed by atoms with Crippen LogP contribution in [0.25, 0.3) is 0 Å². The van der Waals surface area contributed by atoms with Crippen LogP contribution in [0.2, 0.25) is 5.02 Å². The van der Waals surface area contributed by atoms with E-state index in [1.807, 2.05) is 37.7 Å². The van der Waals surface area contributed by atoms with Crippen LogP contribution >= 0.6 is 11.6 Å². The molecule has 0 aliphatic rings. The minimum absolute atomic E-state index is 0.303. The summed E-state index contributed by atoms with van der Waals surface area (Å²) < 4.78 is 7.20. The molecule has 1 heterocycles. The molecule has 2 N–H and O–H groups in total. The summed E-state index contributed by atoms with van der Waals surface area (Å²) in [5.74, 6) is 0.736. The largest absolute Gasteiger partial charge is 0.496 e. The van der Waals surface area contributed by atoms with Crippen LogP contribution in [0.3, 0.4) is 0 Å². The van der Waals surface area contributed by atoms with Gasteiger partial charge in [-0.25, -0.2) is 0 Å². The number of nitrogens with two attached hydrogens (primary N) is 1. The van der Waals surface area contributed by atoms with E-state index in [1.54, 1.807) is 13.2 Å². The second kappa shape index (κ2) is 5.23. The van der Waals surface area contributed by atoms with Crippen molar-refractivity contribution in [1.29, 1.82) is 0 Å². The van der Waals surface area contributed by atoms with Crippen LogP contribution in [-0.2, 0) is 7.05 Å². The van der Waals surface area contributed by atoms with Gasteiger partial charge in [0, 0.05) is 28.9 Å². The molecule has 2 rings (SSSR count). The van der Waals surface area contributed by atoms with Crippen molar-refractivity contribution in [2.75, 3.05) is 7.11 Å². The van der Waals surface area contributed by atoms with Gasteiger partial charge in [0.15, 0.2) is 0 Å². The number of hydrogen-bond acceptors (Lipinski definition) is 3. The van der Waals surface area contributed by atoms with Gasteiger partial charge in [-0.05, 0) is 32.0 Å². The Hall–Kier alpha value is -1.52. The lowest BCUT2D eigenvalue weighted by atomic mass is 9.97. The number of nitrogens with zero attached hydrogens (tertiary/aromatic N) is 2. The third kappa shape index (κ3) is 2.46. The summed E-state index contributed by atoms with van der Waals surface area (Å²) in [5.41, 5.74) is 10.2. The molecular weight excluding hydrogens is 262 g/mol. The molecule has 4 nitrogen and oxygen atoms in total. The van der Waals surface area contributed by atoms with Crippen molar-refractivity contribution in [3.63, 3.8) is 0 Å². The number of rotatable bonds is 3. The second-order valence-corrected chi connectivity index (χ2v) is 5.01. The van der Waals surface area contributed by atoms with Crippen LogP contribution < -0.4 is 10.5 Å². The molecule has 2 aromatic rings. The predicted octanol–water partition coefficient (Wildman–Crippen LogP) is 2.75. The average Bonchev–Trinajstić information content (AvgIpc) is 2.62. The fourth-order valence-corrected chi connectivity index (χ4v) is 2.52. The second-order valence-electron chi connectivity index (χ2n) is 4.57. The summed E-state index contributed by atoms with van der Waals surface area (Å²) >= 11 is 6.06. The van der Waals surface area contributed by atoms with Gasteiger partial charge < -0.3 is 10.5 Å². The molecule has 102 valence electrons. The molecule has 0 radical (unpaired) electrons. The molecule has 19 heavy (non-hydrogen) atoms. The fourth-order valence-electron chi connectivity index (χ4n) is 2.34. The SMILES string of the molecule is COc1ccc(Cl)cc1C(N)c1c(C)nn(C)c1C. The highest BCUT2D eigenvalue weighted by Gasteiger charge is 2.21. The van der Waals surface area contributed by atoms with Crippen molar-refractivity contribution in [2.45, 2.75) is 19.9 Å². The van der Waals surface area contributed by atoms with Crippen molar-refractivity contribution < 1.29 is 4.74 Å². The summed E-state index contributed by atoms with van der Waals surface area (Å²) in [6.07, 6.45) is 0. The maximum Gasteiger partial charge on any atom is 0.124 e. The van der Waals surface area contributed by atoms with Crippen molar-refractivity contribution in [2.24, 2.45) is 12.8 Å². The van der Waals surface area contributed by atoms with Crippen LogP contribution in [0.15, 0.2) is 18.2 Å². The van der Waals surface area contributed by atoms with Crippen molar-refractivity contribution in [3.05, 3.63) is 45.7 Å². The van der Waals surface area contributed by atoms with Gasteiger partial charge in [-0.3, -0.25) is 4.68 Å². The Morgan fingerprint density at radius 1 is 1.37 bits per heavy atom. The third-order valence-corrected chi connectivity index (χ3v) is 3.64. The van der Waals surface area contributed by atoms with Gasteiger partial charge in [0.25, 0.3) is 0 Å². The summed E-state index contributed by atoms with van der Waals surface area (Å²) in [5, 5.41) is 5.04. The van der Waals surface area contributed by atoms with E-state index in [0.717, 1.165) is 28.3 Å². The van der Waals surface area contributed by atoms with Crippen molar-refractivity contribution in [3.8, 4) is 5.75 Å². The molecule has 0 spiro atoms. The minimum Gasteiger partial charge on any atom is -0.496 e. The summed E-state index contributed by atoms with van der Waals surface area (Å²) in [6.45, 7) is 3.96. The molecular formula is C14H18ClN3O. The molecule has 1 atom stereocenters. The molecule has 0 bridgehead atoms. The van der Waals surface area contributed by atoms with Crippen LogP contribution in [0.4, 0.5) is 0 Å². The predicted molar refractivity (Wildman–Crippen MR) is 76.7 cm³/mol. The number of benzene rings is 1. The minimum atomic E-state index is -0.303. The van der Waals surface area contributed by atoms with Crippen LogP contribution in [0.5, 0.6) is 5.75 Å². The molecule has 0 amide bonds. The van der Waals surface area contributed by atoms with E-state index in [0.29, 0.717) is 5.02 Å². The zero-order valence-electron chi connectivity index (χ0n) is 11.6. The fraction of sp³-hybridized carbons (Fsp3) is 0.357. The van der Waals surface area contributed by atoms with Gasteiger partial charge in [0.1, 0.15) is 5.75 Å². The van der Waals surface area contributed by atoms with Gasteiger partial charge in [-0.15, -0.1) is 0 Å². The number of aryl methyl sites for hydroxylation is 2. The number of ether oxygens (including phenoxy) is 1. The molecule has 0 fully saturated rings. The van der Waals surface area contributed by atoms with Gasteiger partial charge in [-0.2, -0.15) is 5.10 Å².